The molecule has 1 amide bonds. The van der Waals surface area contributed by atoms with Gasteiger partial charge in [0.1, 0.15) is 11.4 Å². The molecule has 0 aliphatic carbocycles. The number of hydrogen-bond acceptors (Lipinski definition) is 7. The third kappa shape index (κ3) is 5.08. The lowest BCUT2D eigenvalue weighted by molar-refractivity contribution is 0.102. The van der Waals surface area contributed by atoms with E-state index in [1.54, 1.807) is 41.8 Å². The molecule has 3 aromatic rings. The van der Waals surface area contributed by atoms with Gasteiger partial charge in [-0.15, -0.1) is 11.3 Å². The Morgan fingerprint density at radius 3 is 2.32 bits per heavy atom. The fraction of sp³-hybridized carbons (Fsp3) is 0.158. The van der Waals surface area contributed by atoms with E-state index in [1.807, 2.05) is 6.92 Å². The zero-order chi connectivity index (χ0) is 20.1. The van der Waals surface area contributed by atoms with Crippen LogP contribution in [-0.2, 0) is 9.84 Å². The molecule has 28 heavy (non-hydrogen) atoms. The minimum Gasteiger partial charge on any atom is -0.494 e. The Morgan fingerprint density at radius 1 is 1.07 bits per heavy atom. The third-order valence-electron chi connectivity index (χ3n) is 3.69. The quantitative estimate of drug-likeness (QED) is 0.604. The summed E-state index contributed by atoms with van der Waals surface area (Å²) >= 11 is 1.28. The van der Waals surface area contributed by atoms with Crippen LogP contribution < -0.4 is 15.4 Å². The number of thiazole rings is 1. The van der Waals surface area contributed by atoms with Crippen molar-refractivity contribution < 1.29 is 17.9 Å². The Labute approximate surface area is 167 Å². The normalized spacial score (nSPS) is 11.1. The van der Waals surface area contributed by atoms with Crippen molar-refractivity contribution in [3.63, 3.8) is 0 Å². The van der Waals surface area contributed by atoms with Crippen LogP contribution in [0.5, 0.6) is 5.75 Å². The summed E-state index contributed by atoms with van der Waals surface area (Å²) in [4.78, 5) is 16.9. The molecule has 146 valence electrons. The van der Waals surface area contributed by atoms with Crippen LogP contribution in [0.25, 0.3) is 0 Å². The van der Waals surface area contributed by atoms with Crippen molar-refractivity contribution in [2.45, 2.75) is 11.8 Å². The molecule has 0 atom stereocenters. The number of rotatable bonds is 7. The molecule has 0 bridgehead atoms. The van der Waals surface area contributed by atoms with Crippen LogP contribution in [0.1, 0.15) is 17.4 Å². The van der Waals surface area contributed by atoms with E-state index in [4.69, 9.17) is 4.74 Å². The molecule has 7 nitrogen and oxygen atoms in total. The van der Waals surface area contributed by atoms with E-state index < -0.39 is 9.84 Å². The Bertz CT molecular complexity index is 1060. The summed E-state index contributed by atoms with van der Waals surface area (Å²) in [7, 11) is -3.24. The van der Waals surface area contributed by atoms with Crippen LogP contribution in [0.15, 0.2) is 58.8 Å². The molecule has 9 heteroatoms. The molecule has 0 saturated carbocycles. The summed E-state index contributed by atoms with van der Waals surface area (Å²) in [6.45, 7) is 2.49. The first-order valence-corrected chi connectivity index (χ1v) is 11.2. The monoisotopic (exact) mass is 417 g/mol. The lowest BCUT2D eigenvalue weighted by atomic mass is 10.3. The molecule has 0 saturated heterocycles. The van der Waals surface area contributed by atoms with Crippen molar-refractivity contribution in [1.82, 2.24) is 4.98 Å². The fourth-order valence-corrected chi connectivity index (χ4v) is 3.68. The molecule has 0 aliphatic heterocycles. The highest BCUT2D eigenvalue weighted by Gasteiger charge is 2.12. The van der Waals surface area contributed by atoms with Crippen LogP contribution in [0.3, 0.4) is 0 Å². The highest BCUT2D eigenvalue weighted by Crippen LogP contribution is 2.23. The van der Waals surface area contributed by atoms with Crippen molar-refractivity contribution in [3.8, 4) is 5.75 Å². The number of nitrogens with zero attached hydrogens (tertiary/aromatic N) is 1. The second kappa shape index (κ2) is 8.41. The van der Waals surface area contributed by atoms with Gasteiger partial charge in [-0.05, 0) is 55.5 Å². The van der Waals surface area contributed by atoms with Gasteiger partial charge in [0.15, 0.2) is 15.0 Å². The number of aromatic nitrogens is 1. The van der Waals surface area contributed by atoms with Gasteiger partial charge in [0, 0.05) is 23.0 Å². The highest BCUT2D eigenvalue weighted by molar-refractivity contribution is 7.90. The van der Waals surface area contributed by atoms with Gasteiger partial charge in [-0.3, -0.25) is 4.79 Å². The summed E-state index contributed by atoms with van der Waals surface area (Å²) in [5.74, 6) is 0.420. The smallest absolute Gasteiger partial charge is 0.275 e. The number of carbonyl (C=O) groups excluding carboxylic acids is 1. The molecule has 3 rings (SSSR count). The van der Waals surface area contributed by atoms with Gasteiger partial charge in [-0.2, -0.15) is 0 Å². The van der Waals surface area contributed by atoms with Crippen LogP contribution in [-0.4, -0.2) is 32.2 Å². The molecule has 0 aliphatic rings. The molecule has 2 aromatic carbocycles. The van der Waals surface area contributed by atoms with Gasteiger partial charge < -0.3 is 15.4 Å². The Kier molecular flexibility index (Phi) is 5.96. The average molecular weight is 418 g/mol. The highest BCUT2D eigenvalue weighted by atomic mass is 32.2. The maximum atomic E-state index is 12.4. The molecule has 0 fully saturated rings. The van der Waals surface area contributed by atoms with E-state index in [9.17, 15) is 13.2 Å². The first-order valence-electron chi connectivity index (χ1n) is 8.42. The van der Waals surface area contributed by atoms with Crippen LogP contribution in [0.2, 0.25) is 0 Å². The molecule has 1 aromatic heterocycles. The lowest BCUT2D eigenvalue weighted by Gasteiger charge is -2.06. The molecular weight excluding hydrogens is 398 g/mol. The van der Waals surface area contributed by atoms with Crippen LogP contribution in [0, 0.1) is 0 Å². The predicted molar refractivity (Wildman–Crippen MR) is 111 cm³/mol. The largest absolute Gasteiger partial charge is 0.494 e. The van der Waals surface area contributed by atoms with Gasteiger partial charge in [-0.1, -0.05) is 0 Å². The van der Waals surface area contributed by atoms with Crippen molar-refractivity contribution in [2.75, 3.05) is 23.5 Å². The standard InChI is InChI=1S/C19H19N3O4S2/c1-3-26-15-8-4-13(5-9-15)20-18(23)17-12-27-19(22-17)21-14-6-10-16(11-7-14)28(2,24)25/h4-12H,3H2,1-2H3,(H,20,23)(H,21,22). The number of anilines is 3. The maximum absolute atomic E-state index is 12.4. The summed E-state index contributed by atoms with van der Waals surface area (Å²) in [5.41, 5.74) is 1.61. The number of nitrogens with one attached hydrogen (secondary N) is 2. The summed E-state index contributed by atoms with van der Waals surface area (Å²) < 4.78 is 28.4. The van der Waals surface area contributed by atoms with E-state index >= 15 is 0 Å². The van der Waals surface area contributed by atoms with Crippen molar-refractivity contribution >= 4 is 43.6 Å². The number of amides is 1. The van der Waals surface area contributed by atoms with Crippen LogP contribution >= 0.6 is 11.3 Å². The van der Waals surface area contributed by atoms with E-state index in [-0.39, 0.29) is 16.5 Å². The van der Waals surface area contributed by atoms with Gasteiger partial charge in [0.25, 0.3) is 5.91 Å². The first kappa shape index (κ1) is 19.8. The molecule has 0 spiro atoms. The van der Waals surface area contributed by atoms with Crippen LogP contribution in [0.4, 0.5) is 16.5 Å². The third-order valence-corrected chi connectivity index (χ3v) is 5.58. The number of hydrogen-bond donors (Lipinski definition) is 2. The van der Waals surface area contributed by atoms with E-state index in [2.05, 4.69) is 15.6 Å². The summed E-state index contributed by atoms with van der Waals surface area (Å²) in [5, 5.41) is 8.02. The summed E-state index contributed by atoms with van der Waals surface area (Å²) in [6, 6.07) is 13.4. The van der Waals surface area contributed by atoms with Crippen molar-refractivity contribution in [3.05, 3.63) is 59.6 Å². The van der Waals surface area contributed by atoms with E-state index in [0.29, 0.717) is 23.1 Å². The van der Waals surface area contributed by atoms with Gasteiger partial charge in [-0.25, -0.2) is 13.4 Å². The van der Waals surface area contributed by atoms with Gasteiger partial charge in [0.2, 0.25) is 0 Å². The SMILES string of the molecule is CCOc1ccc(NC(=O)c2csc(Nc3ccc(S(C)(=O)=O)cc3)n2)cc1. The molecule has 1 heterocycles. The average Bonchev–Trinajstić information content (AvgIpc) is 3.12. The molecular formula is C19H19N3O4S2. The van der Waals surface area contributed by atoms with Crippen molar-refractivity contribution in [1.29, 1.82) is 0 Å². The second-order valence-electron chi connectivity index (χ2n) is 5.87. The second-order valence-corrected chi connectivity index (χ2v) is 8.74. The Morgan fingerprint density at radius 2 is 1.71 bits per heavy atom. The number of sulfone groups is 1. The Hall–Kier alpha value is -2.91. The zero-order valence-corrected chi connectivity index (χ0v) is 16.9. The van der Waals surface area contributed by atoms with E-state index in [0.717, 1.165) is 12.0 Å². The lowest BCUT2D eigenvalue weighted by Crippen LogP contribution is -2.12. The number of carbonyl (C=O) groups is 1. The predicted octanol–water partition coefficient (Wildman–Crippen LogP) is 3.94. The molecule has 2 N–H and O–H groups in total. The minimum atomic E-state index is -3.24. The fourth-order valence-electron chi connectivity index (χ4n) is 2.34. The molecule has 0 unspecified atom stereocenters. The summed E-state index contributed by atoms with van der Waals surface area (Å²) in [6.07, 6.45) is 1.16. The number of ether oxygens (including phenoxy) is 1. The van der Waals surface area contributed by atoms with Gasteiger partial charge >= 0.3 is 0 Å². The maximum Gasteiger partial charge on any atom is 0.275 e. The van der Waals surface area contributed by atoms with Gasteiger partial charge in [0.05, 0.1) is 11.5 Å². The Balaban J connectivity index is 1.63. The minimum absolute atomic E-state index is 0.243. The van der Waals surface area contributed by atoms with E-state index in [1.165, 1.54) is 23.5 Å². The zero-order valence-electron chi connectivity index (χ0n) is 15.3. The number of benzene rings is 2. The molecule has 0 radical (unpaired) electrons. The van der Waals surface area contributed by atoms with Crippen molar-refractivity contribution in [2.24, 2.45) is 0 Å². The topological polar surface area (TPSA) is 97.4 Å². The first-order chi connectivity index (χ1) is 13.3.